The van der Waals surface area contributed by atoms with Gasteiger partial charge in [0.25, 0.3) is 0 Å². The first-order chi connectivity index (χ1) is 8.79. The van der Waals surface area contributed by atoms with Gasteiger partial charge in [0.05, 0.1) is 6.61 Å². The first-order valence-corrected chi connectivity index (χ1v) is 6.17. The molecule has 0 bridgehead atoms. The topological polar surface area (TPSA) is 48.1 Å². The number of nitrogens with two attached hydrogens (primary N) is 1. The van der Waals surface area contributed by atoms with Gasteiger partial charge in [0.2, 0.25) is 0 Å². The van der Waals surface area contributed by atoms with Crippen LogP contribution >= 0.6 is 11.6 Å². The molecule has 0 aliphatic carbocycles. The fourth-order valence-corrected chi connectivity index (χ4v) is 1.82. The van der Waals surface area contributed by atoms with E-state index in [1.54, 1.807) is 12.3 Å². The summed E-state index contributed by atoms with van der Waals surface area (Å²) in [6, 6.07) is 9.45. The van der Waals surface area contributed by atoms with Crippen molar-refractivity contribution in [2.24, 2.45) is 5.73 Å². The molecule has 18 heavy (non-hydrogen) atoms. The van der Waals surface area contributed by atoms with Crippen LogP contribution in [0.5, 0.6) is 5.75 Å². The second-order valence-corrected chi connectivity index (χ2v) is 4.35. The molecule has 2 aromatic rings. The van der Waals surface area contributed by atoms with Gasteiger partial charge in [-0.25, -0.2) is 0 Å². The normalized spacial score (nSPS) is 10.3. The number of aromatic nitrogens is 1. The quantitative estimate of drug-likeness (QED) is 0.901. The van der Waals surface area contributed by atoms with E-state index in [4.69, 9.17) is 22.1 Å². The van der Waals surface area contributed by atoms with Crippen molar-refractivity contribution in [2.75, 3.05) is 6.61 Å². The van der Waals surface area contributed by atoms with Crippen LogP contribution in [0, 0.1) is 0 Å². The second kappa shape index (κ2) is 6.38. The Hall–Kier alpha value is -1.58. The van der Waals surface area contributed by atoms with Gasteiger partial charge >= 0.3 is 0 Å². The third kappa shape index (κ3) is 3.45. The zero-order valence-corrected chi connectivity index (χ0v) is 10.7. The summed E-state index contributed by atoms with van der Waals surface area (Å²) in [5, 5.41) is 0.656. The van der Waals surface area contributed by atoms with Crippen molar-refractivity contribution >= 4 is 11.6 Å². The van der Waals surface area contributed by atoms with Crippen LogP contribution in [0.25, 0.3) is 0 Å². The monoisotopic (exact) mass is 262 g/mol. The van der Waals surface area contributed by atoms with Crippen LogP contribution in [0.3, 0.4) is 0 Å². The van der Waals surface area contributed by atoms with E-state index in [2.05, 4.69) is 4.98 Å². The number of ether oxygens (including phenoxy) is 1. The van der Waals surface area contributed by atoms with Crippen LogP contribution in [0.2, 0.25) is 5.02 Å². The number of benzene rings is 1. The summed E-state index contributed by atoms with van der Waals surface area (Å²) >= 11 is 5.94. The average molecular weight is 263 g/mol. The Morgan fingerprint density at radius 1 is 1.28 bits per heavy atom. The fourth-order valence-electron chi connectivity index (χ4n) is 1.66. The molecule has 2 N–H and O–H groups in total. The fraction of sp³-hybridized carbons (Fsp3) is 0.214. The Morgan fingerprint density at radius 3 is 2.89 bits per heavy atom. The van der Waals surface area contributed by atoms with E-state index in [0.717, 1.165) is 23.3 Å². The molecule has 0 fully saturated rings. The van der Waals surface area contributed by atoms with Gasteiger partial charge in [-0.1, -0.05) is 23.7 Å². The van der Waals surface area contributed by atoms with Crippen LogP contribution in [0.1, 0.15) is 11.1 Å². The maximum atomic E-state index is 5.94. The predicted octanol–water partition coefficient (Wildman–Crippen LogP) is 2.82. The Balaban J connectivity index is 1.96. The molecule has 0 saturated carbocycles. The molecular formula is C14H15ClN2O. The molecule has 0 saturated heterocycles. The molecule has 4 heteroatoms. The van der Waals surface area contributed by atoms with Crippen molar-refractivity contribution < 1.29 is 4.74 Å². The van der Waals surface area contributed by atoms with Crippen molar-refractivity contribution in [2.45, 2.75) is 13.0 Å². The lowest BCUT2D eigenvalue weighted by Crippen LogP contribution is -2.05. The summed E-state index contributed by atoms with van der Waals surface area (Å²) in [6.45, 7) is 1.03. The molecule has 1 heterocycles. The Bertz CT molecular complexity index is 502. The molecule has 0 radical (unpaired) electrons. The van der Waals surface area contributed by atoms with E-state index >= 15 is 0 Å². The lowest BCUT2D eigenvalue weighted by Gasteiger charge is -2.10. The highest BCUT2D eigenvalue weighted by molar-refractivity contribution is 6.30. The number of halogens is 1. The highest BCUT2D eigenvalue weighted by atomic mass is 35.5. The van der Waals surface area contributed by atoms with Crippen molar-refractivity contribution in [1.29, 1.82) is 0 Å². The third-order valence-electron chi connectivity index (χ3n) is 2.62. The van der Waals surface area contributed by atoms with Gasteiger partial charge in [0, 0.05) is 35.9 Å². The minimum absolute atomic E-state index is 0.444. The van der Waals surface area contributed by atoms with Gasteiger partial charge < -0.3 is 10.5 Å². The first-order valence-electron chi connectivity index (χ1n) is 5.80. The molecule has 0 aliphatic rings. The second-order valence-electron chi connectivity index (χ2n) is 3.92. The van der Waals surface area contributed by atoms with Crippen LogP contribution < -0.4 is 10.5 Å². The number of rotatable bonds is 5. The Kier molecular flexibility index (Phi) is 4.56. The van der Waals surface area contributed by atoms with Gasteiger partial charge in [-0.2, -0.15) is 0 Å². The first kappa shape index (κ1) is 12.9. The van der Waals surface area contributed by atoms with E-state index in [1.165, 1.54) is 0 Å². The maximum Gasteiger partial charge on any atom is 0.125 e. The van der Waals surface area contributed by atoms with Crippen LogP contribution in [0.4, 0.5) is 0 Å². The molecule has 1 aromatic heterocycles. The molecule has 0 unspecified atom stereocenters. The summed E-state index contributed by atoms with van der Waals surface area (Å²) < 4.78 is 5.72. The molecule has 0 spiro atoms. The van der Waals surface area contributed by atoms with Crippen molar-refractivity contribution in [3.05, 3.63) is 58.9 Å². The summed E-state index contributed by atoms with van der Waals surface area (Å²) in [4.78, 5) is 4.06. The van der Waals surface area contributed by atoms with Crippen LogP contribution in [-0.4, -0.2) is 11.6 Å². The van der Waals surface area contributed by atoms with Crippen molar-refractivity contribution in [1.82, 2.24) is 4.98 Å². The molecule has 2 rings (SSSR count). The maximum absolute atomic E-state index is 5.94. The zero-order valence-electron chi connectivity index (χ0n) is 9.97. The molecule has 3 nitrogen and oxygen atoms in total. The smallest absolute Gasteiger partial charge is 0.125 e. The SMILES string of the molecule is NCc1ccc(Cl)cc1OCCc1cccnc1. The number of pyridine rings is 1. The van der Waals surface area contributed by atoms with Gasteiger partial charge in [-0.05, 0) is 23.8 Å². The lowest BCUT2D eigenvalue weighted by molar-refractivity contribution is 0.318. The van der Waals surface area contributed by atoms with Gasteiger partial charge in [-0.15, -0.1) is 0 Å². The Morgan fingerprint density at radius 2 is 2.17 bits per heavy atom. The minimum Gasteiger partial charge on any atom is -0.493 e. The van der Waals surface area contributed by atoms with E-state index in [9.17, 15) is 0 Å². The molecule has 1 aromatic carbocycles. The third-order valence-corrected chi connectivity index (χ3v) is 2.86. The predicted molar refractivity (Wildman–Crippen MR) is 72.8 cm³/mol. The highest BCUT2D eigenvalue weighted by Gasteiger charge is 2.03. The largest absolute Gasteiger partial charge is 0.493 e. The number of nitrogens with zero attached hydrogens (tertiary/aromatic N) is 1. The number of hydrogen-bond acceptors (Lipinski definition) is 3. The highest BCUT2D eigenvalue weighted by Crippen LogP contribution is 2.23. The summed E-state index contributed by atoms with van der Waals surface area (Å²) in [7, 11) is 0. The van der Waals surface area contributed by atoms with Crippen molar-refractivity contribution in [3.8, 4) is 5.75 Å². The standard InChI is InChI=1S/C14H15ClN2O/c15-13-4-3-12(9-16)14(8-13)18-7-5-11-2-1-6-17-10-11/h1-4,6,8,10H,5,7,9,16H2. The van der Waals surface area contributed by atoms with E-state index in [-0.39, 0.29) is 0 Å². The summed E-state index contributed by atoms with van der Waals surface area (Å²) in [5.74, 6) is 0.758. The van der Waals surface area contributed by atoms with E-state index in [1.807, 2.05) is 30.5 Å². The number of hydrogen-bond donors (Lipinski definition) is 1. The minimum atomic E-state index is 0.444. The van der Waals surface area contributed by atoms with Crippen LogP contribution in [0.15, 0.2) is 42.7 Å². The molecule has 0 aliphatic heterocycles. The zero-order chi connectivity index (χ0) is 12.8. The molecule has 0 atom stereocenters. The van der Waals surface area contributed by atoms with Crippen molar-refractivity contribution in [3.63, 3.8) is 0 Å². The molecule has 0 amide bonds. The molecule has 94 valence electrons. The lowest BCUT2D eigenvalue weighted by atomic mass is 10.2. The average Bonchev–Trinajstić information content (AvgIpc) is 2.40. The van der Waals surface area contributed by atoms with Gasteiger partial charge in [0.1, 0.15) is 5.75 Å². The Labute approximate surface area is 112 Å². The van der Waals surface area contributed by atoms with Crippen LogP contribution in [-0.2, 0) is 13.0 Å². The van der Waals surface area contributed by atoms with Gasteiger partial charge in [0.15, 0.2) is 0 Å². The van der Waals surface area contributed by atoms with Gasteiger partial charge in [-0.3, -0.25) is 4.98 Å². The summed E-state index contributed by atoms with van der Waals surface area (Å²) in [6.07, 6.45) is 4.41. The summed E-state index contributed by atoms with van der Waals surface area (Å²) in [5.41, 5.74) is 7.76. The van der Waals surface area contributed by atoms with E-state index in [0.29, 0.717) is 18.2 Å². The molecular weight excluding hydrogens is 248 g/mol. The van der Waals surface area contributed by atoms with E-state index < -0.39 is 0 Å².